The molecule has 0 aliphatic carbocycles. The second kappa shape index (κ2) is 8.32. The van der Waals surface area contributed by atoms with Crippen molar-refractivity contribution in [3.8, 4) is 11.8 Å². The number of ether oxygens (including phenoxy) is 1. The van der Waals surface area contributed by atoms with Crippen molar-refractivity contribution in [1.29, 1.82) is 5.26 Å². The number of hydrogen-bond acceptors (Lipinski definition) is 4. The van der Waals surface area contributed by atoms with Gasteiger partial charge in [0.15, 0.2) is 0 Å². The number of hydrogen-bond donors (Lipinski definition) is 0. The van der Waals surface area contributed by atoms with E-state index in [1.54, 1.807) is 11.6 Å². The summed E-state index contributed by atoms with van der Waals surface area (Å²) in [4.78, 5) is 12.0. The fourth-order valence-corrected chi connectivity index (χ4v) is 2.41. The number of unbranched alkanes of at least 4 members (excludes halogenated alkanes) is 1. The summed E-state index contributed by atoms with van der Waals surface area (Å²) in [6.07, 6.45) is 3.10. The minimum absolute atomic E-state index is 0.0938. The molecule has 0 spiro atoms. The Labute approximate surface area is 146 Å². The van der Waals surface area contributed by atoms with E-state index in [2.05, 4.69) is 5.10 Å². The van der Waals surface area contributed by atoms with Crippen molar-refractivity contribution in [2.24, 2.45) is 0 Å². The molecular formula is C18H18ClN3O2. The number of nitriles is 1. The van der Waals surface area contributed by atoms with Crippen molar-refractivity contribution in [3.63, 3.8) is 0 Å². The van der Waals surface area contributed by atoms with Crippen LogP contribution in [0.3, 0.4) is 0 Å². The maximum absolute atomic E-state index is 12.0. The molecule has 6 heteroatoms. The first-order valence-electron chi connectivity index (χ1n) is 7.68. The van der Waals surface area contributed by atoms with Crippen molar-refractivity contribution in [1.82, 2.24) is 9.78 Å². The van der Waals surface area contributed by atoms with E-state index < -0.39 is 5.97 Å². The third-order valence-electron chi connectivity index (χ3n) is 3.41. The van der Waals surface area contributed by atoms with Crippen molar-refractivity contribution in [2.45, 2.75) is 26.7 Å². The van der Waals surface area contributed by atoms with E-state index in [0.29, 0.717) is 23.0 Å². The molecule has 1 aromatic carbocycles. The number of carbonyl (C=O) groups excluding carboxylic acids is 1. The molecule has 0 bridgehead atoms. The Kier molecular flexibility index (Phi) is 6.16. The number of benzene rings is 1. The molecule has 0 aliphatic heterocycles. The Hall–Kier alpha value is -2.58. The summed E-state index contributed by atoms with van der Waals surface area (Å²) in [6.45, 7) is 4.06. The van der Waals surface area contributed by atoms with Crippen LogP contribution in [-0.4, -0.2) is 22.4 Å². The number of aryl methyl sites for hydroxylation is 1. The van der Waals surface area contributed by atoms with Crippen LogP contribution in [-0.2, 0) is 9.53 Å². The standard InChI is InChI=1S/C18H18ClN3O2/c1-3-4-10-24-18(23)14(12-20)11-16-13(2)21-22(17(16)19)15-8-6-5-7-9-15/h5-9,11H,3-4,10H2,1-2H3/b14-11+. The smallest absolute Gasteiger partial charge is 0.348 e. The molecule has 0 unspecified atom stereocenters. The van der Waals surface area contributed by atoms with Crippen LogP contribution in [0.2, 0.25) is 5.15 Å². The van der Waals surface area contributed by atoms with Gasteiger partial charge in [0, 0.05) is 5.56 Å². The number of aromatic nitrogens is 2. The third kappa shape index (κ3) is 4.03. The Bertz CT molecular complexity index is 789. The summed E-state index contributed by atoms with van der Waals surface area (Å²) >= 11 is 6.39. The minimum Gasteiger partial charge on any atom is -0.462 e. The van der Waals surface area contributed by atoms with Crippen LogP contribution in [0.15, 0.2) is 35.9 Å². The molecule has 24 heavy (non-hydrogen) atoms. The molecule has 2 rings (SSSR count). The molecule has 0 saturated carbocycles. The Morgan fingerprint density at radius 1 is 1.42 bits per heavy atom. The zero-order chi connectivity index (χ0) is 17.5. The average molecular weight is 344 g/mol. The highest BCUT2D eigenvalue weighted by molar-refractivity contribution is 6.31. The molecule has 0 radical (unpaired) electrons. The summed E-state index contributed by atoms with van der Waals surface area (Å²) in [6, 6.07) is 11.3. The molecule has 124 valence electrons. The van der Waals surface area contributed by atoms with Crippen molar-refractivity contribution >= 4 is 23.6 Å². The van der Waals surface area contributed by atoms with Gasteiger partial charge in [0.25, 0.3) is 0 Å². The quantitative estimate of drug-likeness (QED) is 0.343. The van der Waals surface area contributed by atoms with Crippen LogP contribution in [0.4, 0.5) is 0 Å². The average Bonchev–Trinajstić information content (AvgIpc) is 2.88. The lowest BCUT2D eigenvalue weighted by Gasteiger charge is -2.03. The van der Waals surface area contributed by atoms with Crippen LogP contribution in [0, 0.1) is 18.3 Å². The minimum atomic E-state index is -0.645. The summed E-state index contributed by atoms with van der Waals surface area (Å²) < 4.78 is 6.65. The predicted octanol–water partition coefficient (Wildman–Crippen LogP) is 4.08. The monoisotopic (exact) mass is 343 g/mol. The lowest BCUT2D eigenvalue weighted by atomic mass is 10.1. The van der Waals surface area contributed by atoms with Gasteiger partial charge in [-0.25, -0.2) is 9.48 Å². The second-order valence-electron chi connectivity index (χ2n) is 5.20. The number of nitrogens with zero attached hydrogens (tertiary/aromatic N) is 3. The van der Waals surface area contributed by atoms with E-state index in [4.69, 9.17) is 16.3 Å². The maximum Gasteiger partial charge on any atom is 0.348 e. The van der Waals surface area contributed by atoms with Crippen LogP contribution in [0.25, 0.3) is 11.8 Å². The lowest BCUT2D eigenvalue weighted by Crippen LogP contribution is -2.07. The van der Waals surface area contributed by atoms with Gasteiger partial charge >= 0.3 is 5.97 Å². The van der Waals surface area contributed by atoms with Crippen molar-refractivity contribution in [3.05, 3.63) is 52.3 Å². The zero-order valence-corrected chi connectivity index (χ0v) is 14.4. The number of esters is 1. The molecule has 0 fully saturated rings. The fourth-order valence-electron chi connectivity index (χ4n) is 2.08. The van der Waals surface area contributed by atoms with Gasteiger partial charge in [-0.2, -0.15) is 10.4 Å². The molecule has 1 aromatic heterocycles. The molecule has 5 nitrogen and oxygen atoms in total. The van der Waals surface area contributed by atoms with Gasteiger partial charge in [0.1, 0.15) is 16.8 Å². The lowest BCUT2D eigenvalue weighted by molar-refractivity contribution is -0.138. The fraction of sp³-hybridized carbons (Fsp3) is 0.278. The highest BCUT2D eigenvalue weighted by atomic mass is 35.5. The Morgan fingerprint density at radius 2 is 2.12 bits per heavy atom. The van der Waals surface area contributed by atoms with Gasteiger partial charge in [0.05, 0.1) is 18.0 Å². The molecule has 0 N–H and O–H groups in total. The highest BCUT2D eigenvalue weighted by Crippen LogP contribution is 2.25. The summed E-state index contributed by atoms with van der Waals surface area (Å²) in [5.74, 6) is -0.645. The predicted molar refractivity (Wildman–Crippen MR) is 92.8 cm³/mol. The maximum atomic E-state index is 12.0. The Balaban J connectivity index is 2.33. The first-order valence-corrected chi connectivity index (χ1v) is 8.05. The van der Waals surface area contributed by atoms with Crippen molar-refractivity contribution < 1.29 is 9.53 Å². The normalized spacial score (nSPS) is 11.2. The Morgan fingerprint density at radius 3 is 2.75 bits per heavy atom. The molecule has 0 aliphatic rings. The van der Waals surface area contributed by atoms with Gasteiger partial charge in [-0.05, 0) is 31.6 Å². The zero-order valence-electron chi connectivity index (χ0n) is 13.6. The SMILES string of the molecule is CCCCOC(=O)/C(C#N)=C/c1c(C)nn(-c2ccccc2)c1Cl. The second-order valence-corrected chi connectivity index (χ2v) is 5.55. The topological polar surface area (TPSA) is 67.9 Å². The molecule has 0 atom stereocenters. The van der Waals surface area contributed by atoms with Crippen LogP contribution < -0.4 is 0 Å². The van der Waals surface area contributed by atoms with Crippen LogP contribution >= 0.6 is 11.6 Å². The molecule has 0 saturated heterocycles. The molecule has 0 amide bonds. The van der Waals surface area contributed by atoms with E-state index in [-0.39, 0.29) is 5.57 Å². The first-order chi connectivity index (χ1) is 11.6. The largest absolute Gasteiger partial charge is 0.462 e. The first kappa shape index (κ1) is 17.8. The molecule has 1 heterocycles. The summed E-state index contributed by atoms with van der Waals surface area (Å²) in [5.41, 5.74) is 1.86. The van der Waals surface area contributed by atoms with Gasteiger partial charge in [-0.1, -0.05) is 43.1 Å². The van der Waals surface area contributed by atoms with Gasteiger partial charge in [0.2, 0.25) is 0 Å². The number of halogens is 1. The van der Waals surface area contributed by atoms with Gasteiger partial charge < -0.3 is 4.74 Å². The van der Waals surface area contributed by atoms with E-state index in [1.807, 2.05) is 43.3 Å². The van der Waals surface area contributed by atoms with E-state index in [0.717, 1.165) is 18.5 Å². The third-order valence-corrected chi connectivity index (χ3v) is 3.77. The summed E-state index contributed by atoms with van der Waals surface area (Å²) in [5, 5.41) is 14.0. The molecular weight excluding hydrogens is 326 g/mol. The van der Waals surface area contributed by atoms with Crippen LogP contribution in [0.1, 0.15) is 31.0 Å². The van der Waals surface area contributed by atoms with E-state index >= 15 is 0 Å². The number of para-hydroxylation sites is 1. The van der Waals surface area contributed by atoms with Gasteiger partial charge in [-0.3, -0.25) is 0 Å². The van der Waals surface area contributed by atoms with Crippen LogP contribution in [0.5, 0.6) is 0 Å². The number of carbonyl (C=O) groups is 1. The highest BCUT2D eigenvalue weighted by Gasteiger charge is 2.17. The van der Waals surface area contributed by atoms with Crippen molar-refractivity contribution in [2.75, 3.05) is 6.61 Å². The van der Waals surface area contributed by atoms with E-state index in [9.17, 15) is 10.1 Å². The summed E-state index contributed by atoms with van der Waals surface area (Å²) in [7, 11) is 0. The van der Waals surface area contributed by atoms with E-state index in [1.165, 1.54) is 6.08 Å². The number of rotatable bonds is 6. The van der Waals surface area contributed by atoms with Gasteiger partial charge in [-0.15, -0.1) is 0 Å². The molecule has 2 aromatic rings.